The summed E-state index contributed by atoms with van der Waals surface area (Å²) in [6, 6.07) is 2.44. The van der Waals surface area contributed by atoms with E-state index in [-0.39, 0.29) is 5.91 Å². The van der Waals surface area contributed by atoms with Crippen molar-refractivity contribution >= 4 is 23.3 Å². The van der Waals surface area contributed by atoms with E-state index in [1.807, 2.05) is 6.08 Å². The topological polar surface area (TPSA) is 29.1 Å². The van der Waals surface area contributed by atoms with Crippen molar-refractivity contribution in [3.05, 3.63) is 28.0 Å². The Labute approximate surface area is 113 Å². The number of aryl methyl sites for hydroxylation is 1. The SMILES string of the molecule is Cc1ccsc1/C=C/C(=O)N[C@@H]1CCCC[C@@H]1C. The van der Waals surface area contributed by atoms with Gasteiger partial charge in [-0.2, -0.15) is 0 Å². The number of amides is 1. The highest BCUT2D eigenvalue weighted by Crippen LogP contribution is 2.23. The lowest BCUT2D eigenvalue weighted by molar-refractivity contribution is -0.117. The predicted molar refractivity (Wildman–Crippen MR) is 77.7 cm³/mol. The van der Waals surface area contributed by atoms with E-state index in [0.29, 0.717) is 12.0 Å². The molecule has 1 aromatic heterocycles. The minimum atomic E-state index is 0.0431. The highest BCUT2D eigenvalue weighted by Gasteiger charge is 2.21. The van der Waals surface area contributed by atoms with Crippen molar-refractivity contribution in [3.8, 4) is 0 Å². The molecule has 0 spiro atoms. The van der Waals surface area contributed by atoms with Gasteiger partial charge in [0, 0.05) is 17.0 Å². The van der Waals surface area contributed by atoms with Crippen molar-refractivity contribution in [1.29, 1.82) is 0 Å². The zero-order chi connectivity index (χ0) is 13.0. The molecule has 1 N–H and O–H groups in total. The van der Waals surface area contributed by atoms with E-state index in [1.165, 1.54) is 29.7 Å². The number of rotatable bonds is 3. The maximum Gasteiger partial charge on any atom is 0.244 e. The first kappa shape index (κ1) is 13.3. The van der Waals surface area contributed by atoms with Crippen LogP contribution in [0.25, 0.3) is 6.08 Å². The summed E-state index contributed by atoms with van der Waals surface area (Å²) in [6.45, 7) is 4.30. The molecule has 3 heteroatoms. The predicted octanol–water partition coefficient (Wildman–Crippen LogP) is 3.76. The van der Waals surface area contributed by atoms with Gasteiger partial charge >= 0.3 is 0 Å². The van der Waals surface area contributed by atoms with Crippen LogP contribution >= 0.6 is 11.3 Å². The van der Waals surface area contributed by atoms with Gasteiger partial charge in [-0.1, -0.05) is 19.8 Å². The molecule has 2 nitrogen and oxygen atoms in total. The molecule has 0 aromatic carbocycles. The Balaban J connectivity index is 1.88. The zero-order valence-corrected chi connectivity index (χ0v) is 11.9. The maximum absolute atomic E-state index is 11.9. The molecule has 98 valence electrons. The fourth-order valence-corrected chi connectivity index (χ4v) is 3.29. The molecule has 1 aliphatic rings. The summed E-state index contributed by atoms with van der Waals surface area (Å²) in [6.07, 6.45) is 8.49. The maximum atomic E-state index is 11.9. The first-order chi connectivity index (χ1) is 8.66. The fraction of sp³-hybridized carbons (Fsp3) is 0.533. The van der Waals surface area contributed by atoms with E-state index in [1.54, 1.807) is 17.4 Å². The molecular weight excluding hydrogens is 242 g/mol. The van der Waals surface area contributed by atoms with Crippen molar-refractivity contribution in [1.82, 2.24) is 5.32 Å². The number of carbonyl (C=O) groups excluding carboxylic acids is 1. The Kier molecular flexibility index (Phi) is 4.59. The second-order valence-corrected chi connectivity index (χ2v) is 6.13. The molecule has 1 heterocycles. The van der Waals surface area contributed by atoms with Gasteiger partial charge in [-0.25, -0.2) is 0 Å². The van der Waals surface area contributed by atoms with Crippen LogP contribution in [0.4, 0.5) is 0 Å². The van der Waals surface area contributed by atoms with Crippen LogP contribution in [0.3, 0.4) is 0 Å². The van der Waals surface area contributed by atoms with Crippen molar-refractivity contribution in [2.75, 3.05) is 0 Å². The Morgan fingerprint density at radius 1 is 1.44 bits per heavy atom. The third-order valence-corrected chi connectivity index (χ3v) is 4.71. The van der Waals surface area contributed by atoms with Crippen molar-refractivity contribution < 1.29 is 4.79 Å². The number of carbonyl (C=O) groups is 1. The minimum Gasteiger partial charge on any atom is -0.350 e. The lowest BCUT2D eigenvalue weighted by atomic mass is 9.86. The van der Waals surface area contributed by atoms with Gasteiger partial charge in [-0.05, 0) is 48.8 Å². The number of hydrogen-bond acceptors (Lipinski definition) is 2. The van der Waals surface area contributed by atoms with E-state index in [4.69, 9.17) is 0 Å². The summed E-state index contributed by atoms with van der Waals surface area (Å²) < 4.78 is 0. The van der Waals surface area contributed by atoms with Gasteiger partial charge in [0.2, 0.25) is 5.91 Å². The molecule has 0 radical (unpaired) electrons. The van der Waals surface area contributed by atoms with E-state index in [9.17, 15) is 4.79 Å². The Morgan fingerprint density at radius 3 is 2.89 bits per heavy atom. The molecule has 18 heavy (non-hydrogen) atoms. The second-order valence-electron chi connectivity index (χ2n) is 5.18. The molecule has 0 aliphatic heterocycles. The van der Waals surface area contributed by atoms with Crippen LogP contribution in [0, 0.1) is 12.8 Å². The quantitative estimate of drug-likeness (QED) is 0.826. The third-order valence-electron chi connectivity index (χ3n) is 3.73. The smallest absolute Gasteiger partial charge is 0.244 e. The molecular formula is C15H21NOS. The minimum absolute atomic E-state index is 0.0431. The summed E-state index contributed by atoms with van der Waals surface area (Å²) in [5.74, 6) is 0.654. The molecule has 0 bridgehead atoms. The van der Waals surface area contributed by atoms with E-state index in [2.05, 4.69) is 30.6 Å². The lowest BCUT2D eigenvalue weighted by Gasteiger charge is -2.29. The highest BCUT2D eigenvalue weighted by molar-refractivity contribution is 7.11. The van der Waals surface area contributed by atoms with E-state index in [0.717, 1.165) is 6.42 Å². The molecule has 1 aromatic rings. The van der Waals surface area contributed by atoms with E-state index < -0.39 is 0 Å². The van der Waals surface area contributed by atoms with Crippen LogP contribution in [-0.4, -0.2) is 11.9 Å². The highest BCUT2D eigenvalue weighted by atomic mass is 32.1. The van der Waals surface area contributed by atoms with Gasteiger partial charge in [0.15, 0.2) is 0 Å². The Morgan fingerprint density at radius 2 is 2.22 bits per heavy atom. The molecule has 1 fully saturated rings. The van der Waals surface area contributed by atoms with Crippen LogP contribution in [0.1, 0.15) is 43.0 Å². The van der Waals surface area contributed by atoms with Crippen LogP contribution in [0.15, 0.2) is 17.5 Å². The molecule has 1 amide bonds. The number of thiophene rings is 1. The average Bonchev–Trinajstić information content (AvgIpc) is 2.75. The molecule has 1 aliphatic carbocycles. The first-order valence-corrected chi connectivity index (χ1v) is 7.57. The largest absolute Gasteiger partial charge is 0.350 e. The van der Waals surface area contributed by atoms with Gasteiger partial charge in [0.1, 0.15) is 0 Å². The Bertz CT molecular complexity index is 435. The number of nitrogens with one attached hydrogen (secondary N) is 1. The van der Waals surface area contributed by atoms with Crippen LogP contribution in [0.2, 0.25) is 0 Å². The van der Waals surface area contributed by atoms with Gasteiger partial charge in [0.25, 0.3) is 0 Å². The van der Waals surface area contributed by atoms with Crippen molar-refractivity contribution in [3.63, 3.8) is 0 Å². The van der Waals surface area contributed by atoms with Crippen LogP contribution in [-0.2, 0) is 4.79 Å². The van der Waals surface area contributed by atoms with Gasteiger partial charge in [0.05, 0.1) is 0 Å². The van der Waals surface area contributed by atoms with Crippen molar-refractivity contribution in [2.24, 2.45) is 5.92 Å². The van der Waals surface area contributed by atoms with Gasteiger partial charge < -0.3 is 5.32 Å². The van der Waals surface area contributed by atoms with Crippen molar-refractivity contribution in [2.45, 2.75) is 45.6 Å². The summed E-state index contributed by atoms with van der Waals surface area (Å²) in [7, 11) is 0. The summed E-state index contributed by atoms with van der Waals surface area (Å²) >= 11 is 1.67. The molecule has 0 saturated heterocycles. The third kappa shape index (κ3) is 3.45. The number of hydrogen-bond donors (Lipinski definition) is 1. The molecule has 1 saturated carbocycles. The van der Waals surface area contributed by atoms with Gasteiger partial charge in [-0.3, -0.25) is 4.79 Å². The summed E-state index contributed by atoms with van der Waals surface area (Å²) in [5, 5.41) is 5.18. The molecule has 2 rings (SSSR count). The van der Waals surface area contributed by atoms with Crippen LogP contribution in [0.5, 0.6) is 0 Å². The standard InChI is InChI=1S/C15H21NOS/c1-11-5-3-4-6-13(11)16-15(17)8-7-14-12(2)9-10-18-14/h7-11,13H,3-6H2,1-2H3,(H,16,17)/b8-7+/t11-,13+/m0/s1. The summed E-state index contributed by atoms with van der Waals surface area (Å²) in [5.41, 5.74) is 1.23. The molecule has 2 atom stereocenters. The normalized spacial score (nSPS) is 24.3. The van der Waals surface area contributed by atoms with E-state index >= 15 is 0 Å². The molecule has 0 unspecified atom stereocenters. The first-order valence-electron chi connectivity index (χ1n) is 6.69. The average molecular weight is 263 g/mol. The van der Waals surface area contributed by atoms with Gasteiger partial charge in [-0.15, -0.1) is 11.3 Å². The second kappa shape index (κ2) is 6.19. The Hall–Kier alpha value is -1.09. The zero-order valence-electron chi connectivity index (χ0n) is 11.1. The van der Waals surface area contributed by atoms with Crippen LogP contribution < -0.4 is 5.32 Å². The summed E-state index contributed by atoms with van der Waals surface area (Å²) in [4.78, 5) is 13.0. The monoisotopic (exact) mass is 263 g/mol. The lowest BCUT2D eigenvalue weighted by Crippen LogP contribution is -2.40. The fourth-order valence-electron chi connectivity index (χ4n) is 2.47.